The van der Waals surface area contributed by atoms with E-state index in [1.807, 2.05) is 35.0 Å². The molecule has 1 N–H and O–H groups in total. The molecule has 3 aromatic rings. The molecule has 1 aromatic carbocycles. The summed E-state index contributed by atoms with van der Waals surface area (Å²) in [6, 6.07) is 11.6. The molecule has 0 unspecified atom stereocenters. The summed E-state index contributed by atoms with van der Waals surface area (Å²) >= 11 is 0. The number of nitrogens with zero attached hydrogens (tertiary/aromatic N) is 5. The van der Waals surface area contributed by atoms with E-state index in [9.17, 15) is 5.11 Å². The third-order valence-corrected chi connectivity index (χ3v) is 4.70. The summed E-state index contributed by atoms with van der Waals surface area (Å²) in [7, 11) is 0. The number of aromatic nitrogens is 3. The number of hydrogen-bond donors (Lipinski definition) is 1. The average molecular weight is 337 g/mol. The number of fused-ring (bicyclic) bond motifs is 1. The molecular formula is C19H23N5O. The van der Waals surface area contributed by atoms with Crippen molar-refractivity contribution in [2.75, 3.05) is 36.0 Å². The van der Waals surface area contributed by atoms with E-state index in [0.29, 0.717) is 5.75 Å². The Morgan fingerprint density at radius 1 is 1.04 bits per heavy atom. The number of rotatable bonds is 4. The molecule has 6 heteroatoms. The molecule has 0 saturated carbocycles. The highest BCUT2D eigenvalue weighted by Crippen LogP contribution is 2.24. The fourth-order valence-corrected chi connectivity index (χ4v) is 3.44. The van der Waals surface area contributed by atoms with E-state index < -0.39 is 0 Å². The third kappa shape index (κ3) is 3.12. The first-order valence-electron chi connectivity index (χ1n) is 8.87. The van der Waals surface area contributed by atoms with Gasteiger partial charge in [0.15, 0.2) is 5.65 Å². The molecule has 3 heterocycles. The Morgan fingerprint density at radius 3 is 2.60 bits per heavy atom. The van der Waals surface area contributed by atoms with Crippen molar-refractivity contribution in [3.8, 4) is 5.75 Å². The van der Waals surface area contributed by atoms with Gasteiger partial charge >= 0.3 is 0 Å². The zero-order valence-corrected chi connectivity index (χ0v) is 14.5. The molecule has 1 aliphatic heterocycles. The van der Waals surface area contributed by atoms with Crippen LogP contribution in [0.3, 0.4) is 0 Å². The van der Waals surface area contributed by atoms with Gasteiger partial charge in [-0.3, -0.25) is 0 Å². The third-order valence-electron chi connectivity index (χ3n) is 4.70. The summed E-state index contributed by atoms with van der Waals surface area (Å²) in [5, 5.41) is 14.1. The molecule has 0 spiro atoms. The lowest BCUT2D eigenvalue weighted by Crippen LogP contribution is -2.47. The number of phenols is 1. The van der Waals surface area contributed by atoms with E-state index in [4.69, 9.17) is 0 Å². The van der Waals surface area contributed by atoms with Crippen LogP contribution >= 0.6 is 0 Å². The maximum absolute atomic E-state index is 9.69. The fourth-order valence-electron chi connectivity index (χ4n) is 3.44. The Labute approximate surface area is 147 Å². The van der Waals surface area contributed by atoms with Gasteiger partial charge in [0.05, 0.1) is 6.20 Å². The minimum absolute atomic E-state index is 0.316. The summed E-state index contributed by atoms with van der Waals surface area (Å²) in [6.45, 7) is 5.84. The highest BCUT2D eigenvalue weighted by molar-refractivity contribution is 5.54. The van der Waals surface area contributed by atoms with Crippen LogP contribution in [-0.2, 0) is 6.42 Å². The number of benzene rings is 1. The first-order valence-corrected chi connectivity index (χ1v) is 8.87. The van der Waals surface area contributed by atoms with E-state index in [1.165, 1.54) is 0 Å². The summed E-state index contributed by atoms with van der Waals surface area (Å²) in [5.41, 5.74) is 3.11. The van der Waals surface area contributed by atoms with Crippen molar-refractivity contribution in [1.82, 2.24) is 14.6 Å². The van der Waals surface area contributed by atoms with Crippen LogP contribution in [0.5, 0.6) is 5.75 Å². The van der Waals surface area contributed by atoms with Crippen LogP contribution in [0.4, 0.5) is 11.5 Å². The zero-order chi connectivity index (χ0) is 17.2. The van der Waals surface area contributed by atoms with Crippen molar-refractivity contribution in [2.45, 2.75) is 19.8 Å². The second-order valence-electron chi connectivity index (χ2n) is 6.45. The van der Waals surface area contributed by atoms with Gasteiger partial charge in [-0.15, -0.1) is 0 Å². The Bertz CT molecular complexity index is 867. The van der Waals surface area contributed by atoms with Crippen molar-refractivity contribution < 1.29 is 5.11 Å². The Kier molecular flexibility index (Phi) is 4.17. The topological polar surface area (TPSA) is 56.9 Å². The van der Waals surface area contributed by atoms with E-state index >= 15 is 0 Å². The van der Waals surface area contributed by atoms with Gasteiger partial charge in [-0.1, -0.05) is 19.4 Å². The van der Waals surface area contributed by atoms with Crippen LogP contribution in [0, 0.1) is 0 Å². The van der Waals surface area contributed by atoms with E-state index in [1.54, 1.807) is 6.07 Å². The highest BCUT2D eigenvalue weighted by atomic mass is 16.3. The van der Waals surface area contributed by atoms with Gasteiger partial charge in [0.2, 0.25) is 0 Å². The second-order valence-corrected chi connectivity index (χ2v) is 6.45. The molecular weight excluding hydrogens is 314 g/mol. The quantitative estimate of drug-likeness (QED) is 0.793. The van der Waals surface area contributed by atoms with Crippen molar-refractivity contribution >= 4 is 17.2 Å². The van der Waals surface area contributed by atoms with Crippen LogP contribution in [-0.4, -0.2) is 45.9 Å². The molecule has 0 aliphatic carbocycles. The van der Waals surface area contributed by atoms with Crippen molar-refractivity contribution in [1.29, 1.82) is 0 Å². The molecule has 0 atom stereocenters. The zero-order valence-electron chi connectivity index (χ0n) is 14.5. The predicted molar refractivity (Wildman–Crippen MR) is 99.5 cm³/mol. The summed E-state index contributed by atoms with van der Waals surface area (Å²) in [4.78, 5) is 9.37. The SMILES string of the molecule is CCCc1cc(N2CCN(c3cccc(O)c3)CC2)n2nccc2n1. The largest absolute Gasteiger partial charge is 0.508 e. The molecule has 4 rings (SSSR count). The number of aromatic hydroxyl groups is 1. The van der Waals surface area contributed by atoms with Gasteiger partial charge in [-0.05, 0) is 18.6 Å². The molecule has 1 fully saturated rings. The number of hydrogen-bond acceptors (Lipinski definition) is 5. The molecule has 130 valence electrons. The molecule has 25 heavy (non-hydrogen) atoms. The lowest BCUT2D eigenvalue weighted by atomic mass is 10.2. The average Bonchev–Trinajstić information content (AvgIpc) is 3.10. The molecule has 1 aliphatic rings. The first kappa shape index (κ1) is 15.7. The van der Waals surface area contributed by atoms with Gasteiger partial charge in [0, 0.05) is 55.8 Å². The Balaban J connectivity index is 1.56. The maximum atomic E-state index is 9.69. The number of piperazine rings is 1. The van der Waals surface area contributed by atoms with Crippen LogP contribution < -0.4 is 9.80 Å². The smallest absolute Gasteiger partial charge is 0.157 e. The fraction of sp³-hybridized carbons (Fsp3) is 0.368. The molecule has 0 radical (unpaired) electrons. The van der Waals surface area contributed by atoms with E-state index in [2.05, 4.69) is 32.9 Å². The van der Waals surface area contributed by atoms with Crippen LogP contribution in [0.1, 0.15) is 19.0 Å². The molecule has 0 bridgehead atoms. The summed E-state index contributed by atoms with van der Waals surface area (Å²) in [5.74, 6) is 1.44. The van der Waals surface area contributed by atoms with Gasteiger partial charge < -0.3 is 14.9 Å². The lowest BCUT2D eigenvalue weighted by Gasteiger charge is -2.37. The minimum atomic E-state index is 0.316. The van der Waals surface area contributed by atoms with Crippen LogP contribution in [0.25, 0.3) is 5.65 Å². The van der Waals surface area contributed by atoms with Crippen LogP contribution in [0.15, 0.2) is 42.6 Å². The Hall–Kier alpha value is -2.76. The molecule has 6 nitrogen and oxygen atoms in total. The maximum Gasteiger partial charge on any atom is 0.157 e. The molecule has 1 saturated heterocycles. The summed E-state index contributed by atoms with van der Waals surface area (Å²) in [6.07, 6.45) is 3.88. The molecule has 2 aromatic heterocycles. The van der Waals surface area contributed by atoms with Crippen molar-refractivity contribution in [3.05, 3.63) is 48.3 Å². The van der Waals surface area contributed by atoms with Gasteiger partial charge in [0.1, 0.15) is 11.6 Å². The van der Waals surface area contributed by atoms with Crippen molar-refractivity contribution in [2.24, 2.45) is 0 Å². The van der Waals surface area contributed by atoms with Gasteiger partial charge in [-0.2, -0.15) is 9.61 Å². The lowest BCUT2D eigenvalue weighted by molar-refractivity contribution is 0.475. The van der Waals surface area contributed by atoms with E-state index in [0.717, 1.165) is 61.9 Å². The number of anilines is 2. The Morgan fingerprint density at radius 2 is 1.84 bits per heavy atom. The standard InChI is InChI=1S/C19H23N5O/c1-2-4-15-13-19(24-18(21-15)7-8-20-24)23-11-9-22(10-12-23)16-5-3-6-17(25)14-16/h3,5-8,13-14,25H,2,4,9-12H2,1H3. The predicted octanol–water partition coefficient (Wildman–Crippen LogP) is 2.71. The normalized spacial score (nSPS) is 15.1. The van der Waals surface area contributed by atoms with Gasteiger partial charge in [0.25, 0.3) is 0 Å². The monoisotopic (exact) mass is 337 g/mol. The van der Waals surface area contributed by atoms with E-state index in [-0.39, 0.29) is 0 Å². The number of phenolic OH excluding ortho intramolecular Hbond substituents is 1. The second kappa shape index (κ2) is 6.63. The van der Waals surface area contributed by atoms with Crippen molar-refractivity contribution in [3.63, 3.8) is 0 Å². The minimum Gasteiger partial charge on any atom is -0.508 e. The number of aryl methyl sites for hydroxylation is 1. The van der Waals surface area contributed by atoms with Crippen LogP contribution in [0.2, 0.25) is 0 Å². The molecule has 0 amide bonds. The summed E-state index contributed by atoms with van der Waals surface area (Å²) < 4.78 is 1.93. The first-order chi connectivity index (χ1) is 12.2. The van der Waals surface area contributed by atoms with Gasteiger partial charge in [-0.25, -0.2) is 4.98 Å². The highest BCUT2D eigenvalue weighted by Gasteiger charge is 2.20.